The third-order valence-corrected chi connectivity index (χ3v) is 3.90. The van der Waals surface area contributed by atoms with E-state index in [9.17, 15) is 9.59 Å². The van der Waals surface area contributed by atoms with Crippen LogP contribution in [0, 0.1) is 0 Å². The van der Waals surface area contributed by atoms with Crippen LogP contribution in [0.15, 0.2) is 30.5 Å². The SMILES string of the molecule is COC(=O)C1CCCCN1C(=O)c1cnc2ccccc2n1. The second-order valence-electron chi connectivity index (χ2n) is 5.28. The van der Waals surface area contributed by atoms with E-state index in [1.54, 1.807) is 4.90 Å². The number of amides is 1. The number of carbonyl (C=O) groups excluding carboxylic acids is 2. The number of aromatic nitrogens is 2. The van der Waals surface area contributed by atoms with Crippen molar-refractivity contribution in [3.8, 4) is 0 Å². The molecular weight excluding hydrogens is 282 g/mol. The lowest BCUT2D eigenvalue weighted by Crippen LogP contribution is -2.48. The quantitative estimate of drug-likeness (QED) is 0.791. The zero-order chi connectivity index (χ0) is 15.5. The minimum atomic E-state index is -0.528. The van der Waals surface area contributed by atoms with Gasteiger partial charge < -0.3 is 9.64 Å². The van der Waals surface area contributed by atoms with E-state index in [1.807, 2.05) is 24.3 Å². The van der Waals surface area contributed by atoms with Gasteiger partial charge in [0.15, 0.2) is 0 Å². The van der Waals surface area contributed by atoms with E-state index in [0.717, 1.165) is 18.4 Å². The molecule has 0 aliphatic carbocycles. The van der Waals surface area contributed by atoms with Crippen LogP contribution in [0.4, 0.5) is 0 Å². The molecule has 114 valence electrons. The molecule has 0 bridgehead atoms. The van der Waals surface area contributed by atoms with Gasteiger partial charge >= 0.3 is 5.97 Å². The Morgan fingerprint density at radius 2 is 2.00 bits per heavy atom. The van der Waals surface area contributed by atoms with Crippen LogP contribution in [-0.4, -0.2) is 46.4 Å². The molecule has 1 atom stereocenters. The fourth-order valence-corrected chi connectivity index (χ4v) is 2.76. The van der Waals surface area contributed by atoms with Gasteiger partial charge in [0, 0.05) is 6.54 Å². The smallest absolute Gasteiger partial charge is 0.328 e. The van der Waals surface area contributed by atoms with E-state index >= 15 is 0 Å². The number of rotatable bonds is 2. The zero-order valence-corrected chi connectivity index (χ0v) is 12.4. The summed E-state index contributed by atoms with van der Waals surface area (Å²) in [6, 6.07) is 6.85. The van der Waals surface area contributed by atoms with Gasteiger partial charge in [0.1, 0.15) is 11.7 Å². The largest absolute Gasteiger partial charge is 0.467 e. The van der Waals surface area contributed by atoms with Crippen molar-refractivity contribution in [2.24, 2.45) is 0 Å². The van der Waals surface area contributed by atoms with Crippen LogP contribution in [0.2, 0.25) is 0 Å². The van der Waals surface area contributed by atoms with E-state index in [2.05, 4.69) is 9.97 Å². The summed E-state index contributed by atoms with van der Waals surface area (Å²) in [7, 11) is 1.34. The van der Waals surface area contributed by atoms with Crippen molar-refractivity contribution in [3.63, 3.8) is 0 Å². The molecule has 0 spiro atoms. The van der Waals surface area contributed by atoms with E-state index in [0.29, 0.717) is 18.5 Å². The summed E-state index contributed by atoms with van der Waals surface area (Å²) >= 11 is 0. The third kappa shape index (κ3) is 2.64. The first-order chi connectivity index (χ1) is 10.7. The number of fused-ring (bicyclic) bond motifs is 1. The number of ether oxygens (including phenoxy) is 1. The summed E-state index contributed by atoms with van der Waals surface area (Å²) < 4.78 is 4.81. The molecule has 1 aliphatic heterocycles. The molecule has 0 saturated carbocycles. The number of carbonyl (C=O) groups is 2. The van der Waals surface area contributed by atoms with Crippen LogP contribution in [0.5, 0.6) is 0 Å². The van der Waals surface area contributed by atoms with Gasteiger partial charge in [-0.15, -0.1) is 0 Å². The molecule has 1 fully saturated rings. The van der Waals surface area contributed by atoms with E-state index in [-0.39, 0.29) is 17.6 Å². The van der Waals surface area contributed by atoms with Crippen molar-refractivity contribution >= 4 is 22.9 Å². The fourth-order valence-electron chi connectivity index (χ4n) is 2.76. The lowest BCUT2D eigenvalue weighted by atomic mass is 10.0. The van der Waals surface area contributed by atoms with Crippen molar-refractivity contribution in [2.45, 2.75) is 25.3 Å². The van der Waals surface area contributed by atoms with Crippen LogP contribution in [0.1, 0.15) is 29.8 Å². The van der Waals surface area contributed by atoms with E-state index in [1.165, 1.54) is 13.3 Å². The number of piperidine rings is 1. The molecule has 6 nitrogen and oxygen atoms in total. The third-order valence-electron chi connectivity index (χ3n) is 3.90. The van der Waals surface area contributed by atoms with Crippen molar-refractivity contribution in [1.29, 1.82) is 0 Å². The number of benzene rings is 1. The predicted molar refractivity (Wildman–Crippen MR) is 80.2 cm³/mol. The number of likely N-dealkylation sites (tertiary alicyclic amines) is 1. The number of esters is 1. The Morgan fingerprint density at radius 3 is 2.77 bits per heavy atom. The molecule has 1 saturated heterocycles. The maximum Gasteiger partial charge on any atom is 0.328 e. The summed E-state index contributed by atoms with van der Waals surface area (Å²) in [5.74, 6) is -0.643. The van der Waals surface area contributed by atoms with Crippen LogP contribution in [0.25, 0.3) is 11.0 Å². The second-order valence-corrected chi connectivity index (χ2v) is 5.28. The number of hydrogen-bond donors (Lipinski definition) is 0. The molecule has 1 aromatic heterocycles. The Labute approximate surface area is 128 Å². The van der Waals surface area contributed by atoms with Gasteiger partial charge in [0.05, 0.1) is 24.3 Å². The Hall–Kier alpha value is -2.50. The summed E-state index contributed by atoms with van der Waals surface area (Å²) in [4.78, 5) is 34.7. The first-order valence-electron chi connectivity index (χ1n) is 7.31. The molecule has 0 N–H and O–H groups in total. The molecular formula is C16H17N3O3. The molecule has 3 rings (SSSR count). The Balaban J connectivity index is 1.91. The Morgan fingerprint density at radius 1 is 1.23 bits per heavy atom. The van der Waals surface area contributed by atoms with Gasteiger partial charge in [0.25, 0.3) is 5.91 Å². The van der Waals surface area contributed by atoms with Crippen molar-refractivity contribution in [2.75, 3.05) is 13.7 Å². The minimum absolute atomic E-state index is 0.259. The molecule has 6 heteroatoms. The van der Waals surface area contributed by atoms with Gasteiger partial charge in [0.2, 0.25) is 0 Å². The van der Waals surface area contributed by atoms with Crippen LogP contribution < -0.4 is 0 Å². The molecule has 0 radical (unpaired) electrons. The van der Waals surface area contributed by atoms with Crippen LogP contribution in [-0.2, 0) is 9.53 Å². The van der Waals surface area contributed by atoms with Gasteiger partial charge in [-0.25, -0.2) is 9.78 Å². The van der Waals surface area contributed by atoms with Crippen LogP contribution >= 0.6 is 0 Å². The van der Waals surface area contributed by atoms with Gasteiger partial charge in [-0.3, -0.25) is 9.78 Å². The zero-order valence-electron chi connectivity index (χ0n) is 12.4. The first kappa shape index (κ1) is 14.4. The minimum Gasteiger partial charge on any atom is -0.467 e. The number of hydrogen-bond acceptors (Lipinski definition) is 5. The van der Waals surface area contributed by atoms with Gasteiger partial charge in [-0.1, -0.05) is 12.1 Å². The maximum atomic E-state index is 12.7. The lowest BCUT2D eigenvalue weighted by Gasteiger charge is -2.33. The Bertz CT molecular complexity index is 717. The number of para-hydroxylation sites is 2. The molecule has 1 aromatic carbocycles. The monoisotopic (exact) mass is 299 g/mol. The highest BCUT2D eigenvalue weighted by Crippen LogP contribution is 2.20. The number of methoxy groups -OCH3 is 1. The average molecular weight is 299 g/mol. The molecule has 2 heterocycles. The van der Waals surface area contributed by atoms with Crippen molar-refractivity contribution in [1.82, 2.24) is 14.9 Å². The van der Waals surface area contributed by atoms with Gasteiger partial charge in [-0.05, 0) is 31.4 Å². The summed E-state index contributed by atoms with van der Waals surface area (Å²) in [5.41, 5.74) is 1.66. The molecule has 1 amide bonds. The summed E-state index contributed by atoms with van der Waals surface area (Å²) in [5, 5.41) is 0. The standard InChI is InChI=1S/C16H17N3O3/c1-22-16(21)14-8-4-5-9-19(14)15(20)13-10-17-11-6-2-3-7-12(11)18-13/h2-3,6-7,10,14H,4-5,8-9H2,1H3. The van der Waals surface area contributed by atoms with E-state index in [4.69, 9.17) is 4.74 Å². The van der Waals surface area contributed by atoms with Crippen molar-refractivity contribution in [3.05, 3.63) is 36.2 Å². The average Bonchev–Trinajstić information content (AvgIpc) is 2.60. The normalized spacial score (nSPS) is 18.2. The molecule has 1 unspecified atom stereocenters. The topological polar surface area (TPSA) is 72.4 Å². The highest BCUT2D eigenvalue weighted by atomic mass is 16.5. The highest BCUT2D eigenvalue weighted by Gasteiger charge is 2.34. The number of nitrogens with zero attached hydrogens (tertiary/aromatic N) is 3. The molecule has 22 heavy (non-hydrogen) atoms. The molecule has 1 aliphatic rings. The van der Waals surface area contributed by atoms with Gasteiger partial charge in [-0.2, -0.15) is 0 Å². The lowest BCUT2D eigenvalue weighted by molar-refractivity contribution is -0.147. The molecule has 2 aromatic rings. The maximum absolute atomic E-state index is 12.7. The Kier molecular flexibility index (Phi) is 4.00. The van der Waals surface area contributed by atoms with E-state index < -0.39 is 6.04 Å². The van der Waals surface area contributed by atoms with Crippen molar-refractivity contribution < 1.29 is 14.3 Å². The second kappa shape index (κ2) is 6.09. The summed E-state index contributed by atoms with van der Waals surface area (Å²) in [6.45, 7) is 0.535. The highest BCUT2D eigenvalue weighted by molar-refractivity contribution is 5.96. The first-order valence-corrected chi connectivity index (χ1v) is 7.31. The fraction of sp³-hybridized carbons (Fsp3) is 0.375. The van der Waals surface area contributed by atoms with Crippen LogP contribution in [0.3, 0.4) is 0 Å². The summed E-state index contributed by atoms with van der Waals surface area (Å²) in [6.07, 6.45) is 3.88. The predicted octanol–water partition coefficient (Wildman–Crippen LogP) is 1.80.